The molecule has 0 radical (unpaired) electrons. The van der Waals surface area contributed by atoms with Crippen LogP contribution >= 0.6 is 0 Å². The summed E-state index contributed by atoms with van der Waals surface area (Å²) in [5.41, 5.74) is 0.759. The Bertz CT molecular complexity index is 833. The van der Waals surface area contributed by atoms with E-state index in [0.717, 1.165) is 24.9 Å². The molecule has 0 spiro atoms. The van der Waals surface area contributed by atoms with Gasteiger partial charge in [0, 0.05) is 25.3 Å². The molecular weight excluding hydrogens is 362 g/mol. The monoisotopic (exact) mass is 387 g/mol. The molecule has 0 atom stereocenters. The van der Waals surface area contributed by atoms with Gasteiger partial charge < -0.3 is 10.6 Å². The molecule has 2 N–H and O–H groups in total. The van der Waals surface area contributed by atoms with Gasteiger partial charge in [-0.25, -0.2) is 13.2 Å². The second-order valence-electron chi connectivity index (χ2n) is 6.70. The number of rotatable bonds is 6. The fourth-order valence-corrected chi connectivity index (χ4v) is 4.76. The van der Waals surface area contributed by atoms with Gasteiger partial charge in [0.2, 0.25) is 10.0 Å². The van der Waals surface area contributed by atoms with E-state index in [9.17, 15) is 13.2 Å². The first-order valence-corrected chi connectivity index (χ1v) is 10.6. The molecule has 0 bridgehead atoms. The maximum Gasteiger partial charge on any atom is 0.319 e. The largest absolute Gasteiger partial charge is 0.338 e. The molecule has 144 valence electrons. The Kier molecular flexibility index (Phi) is 6.47. The molecule has 7 heteroatoms. The standard InChI is InChI=1S/C20H25N3O3S/c24-20(22-18-7-3-1-4-8-18)21-14-11-17-12-15-23(16-13-17)27(25,26)19-9-5-2-6-10-19/h1-10,17H,11-16H2,(H2,21,22,24). The van der Waals surface area contributed by atoms with Crippen LogP contribution in [0.4, 0.5) is 10.5 Å². The normalized spacial score (nSPS) is 16.0. The Morgan fingerprint density at radius 1 is 0.963 bits per heavy atom. The van der Waals surface area contributed by atoms with Crippen LogP contribution in [0.3, 0.4) is 0 Å². The summed E-state index contributed by atoms with van der Waals surface area (Å²) < 4.78 is 26.8. The zero-order valence-corrected chi connectivity index (χ0v) is 16.0. The van der Waals surface area contributed by atoms with Gasteiger partial charge in [0.1, 0.15) is 0 Å². The molecule has 2 aromatic carbocycles. The first kappa shape index (κ1) is 19.4. The van der Waals surface area contributed by atoms with E-state index >= 15 is 0 Å². The number of hydrogen-bond donors (Lipinski definition) is 2. The average molecular weight is 388 g/mol. The van der Waals surface area contributed by atoms with Crippen LogP contribution in [0.5, 0.6) is 0 Å². The minimum absolute atomic E-state index is 0.217. The maximum absolute atomic E-state index is 12.6. The van der Waals surface area contributed by atoms with Gasteiger partial charge in [-0.2, -0.15) is 4.31 Å². The zero-order valence-electron chi connectivity index (χ0n) is 15.2. The van der Waals surface area contributed by atoms with Crippen LogP contribution in [0, 0.1) is 5.92 Å². The summed E-state index contributed by atoms with van der Waals surface area (Å²) in [6.45, 7) is 1.63. The third-order valence-corrected chi connectivity index (χ3v) is 6.74. The number of amides is 2. The number of nitrogens with zero attached hydrogens (tertiary/aromatic N) is 1. The van der Waals surface area contributed by atoms with Gasteiger partial charge in [0.15, 0.2) is 0 Å². The summed E-state index contributed by atoms with van der Waals surface area (Å²) in [4.78, 5) is 12.2. The molecule has 1 aliphatic rings. The molecule has 1 fully saturated rings. The van der Waals surface area contributed by atoms with Crippen molar-refractivity contribution >= 4 is 21.7 Å². The van der Waals surface area contributed by atoms with E-state index in [1.54, 1.807) is 28.6 Å². The maximum atomic E-state index is 12.6. The lowest BCUT2D eigenvalue weighted by Crippen LogP contribution is -2.39. The lowest BCUT2D eigenvalue weighted by Gasteiger charge is -2.31. The van der Waals surface area contributed by atoms with Crippen molar-refractivity contribution in [1.82, 2.24) is 9.62 Å². The van der Waals surface area contributed by atoms with Crippen LogP contribution in [-0.4, -0.2) is 38.4 Å². The Balaban J connectivity index is 1.40. The van der Waals surface area contributed by atoms with Crippen LogP contribution in [0.1, 0.15) is 19.3 Å². The van der Waals surface area contributed by atoms with E-state index in [1.807, 2.05) is 36.4 Å². The van der Waals surface area contributed by atoms with Gasteiger partial charge in [0.25, 0.3) is 0 Å². The predicted molar refractivity (Wildman–Crippen MR) is 106 cm³/mol. The number of carbonyl (C=O) groups excluding carboxylic acids is 1. The predicted octanol–water partition coefficient (Wildman–Crippen LogP) is 3.30. The molecule has 2 amide bonds. The molecule has 0 unspecified atom stereocenters. The van der Waals surface area contributed by atoms with Crippen molar-refractivity contribution < 1.29 is 13.2 Å². The Morgan fingerprint density at radius 2 is 1.56 bits per heavy atom. The number of benzene rings is 2. The second kappa shape index (κ2) is 9.01. The molecule has 0 saturated carbocycles. The van der Waals surface area contributed by atoms with E-state index in [4.69, 9.17) is 0 Å². The zero-order chi connectivity index (χ0) is 19.1. The molecule has 0 aliphatic carbocycles. The van der Waals surface area contributed by atoms with E-state index < -0.39 is 10.0 Å². The van der Waals surface area contributed by atoms with Gasteiger partial charge in [0.05, 0.1) is 4.90 Å². The number of nitrogens with one attached hydrogen (secondary N) is 2. The molecule has 1 heterocycles. The average Bonchev–Trinajstić information content (AvgIpc) is 2.70. The summed E-state index contributed by atoms with van der Waals surface area (Å²) >= 11 is 0. The van der Waals surface area contributed by atoms with Gasteiger partial charge in [-0.3, -0.25) is 0 Å². The lowest BCUT2D eigenvalue weighted by atomic mass is 9.95. The molecular formula is C20H25N3O3S. The minimum Gasteiger partial charge on any atom is -0.338 e. The number of urea groups is 1. The van der Waals surface area contributed by atoms with Crippen molar-refractivity contribution in [2.24, 2.45) is 5.92 Å². The Hall–Kier alpha value is -2.38. The van der Waals surface area contributed by atoms with Crippen LogP contribution in [0.25, 0.3) is 0 Å². The fraction of sp³-hybridized carbons (Fsp3) is 0.350. The topological polar surface area (TPSA) is 78.5 Å². The SMILES string of the molecule is O=C(NCCC1CCN(S(=O)(=O)c2ccccc2)CC1)Nc1ccccc1. The van der Waals surface area contributed by atoms with E-state index in [-0.39, 0.29) is 6.03 Å². The second-order valence-corrected chi connectivity index (χ2v) is 8.63. The number of para-hydroxylation sites is 1. The van der Waals surface area contributed by atoms with E-state index in [1.165, 1.54) is 0 Å². The lowest BCUT2D eigenvalue weighted by molar-refractivity contribution is 0.245. The summed E-state index contributed by atoms with van der Waals surface area (Å²) in [5, 5.41) is 5.65. The Labute approximate surface area is 160 Å². The number of hydrogen-bond acceptors (Lipinski definition) is 3. The summed E-state index contributed by atoms with van der Waals surface area (Å²) in [6.07, 6.45) is 2.48. The van der Waals surface area contributed by atoms with Crippen molar-refractivity contribution in [2.75, 3.05) is 25.0 Å². The van der Waals surface area contributed by atoms with Crippen LogP contribution in [0.2, 0.25) is 0 Å². The molecule has 27 heavy (non-hydrogen) atoms. The molecule has 0 aromatic heterocycles. The number of piperidine rings is 1. The van der Waals surface area contributed by atoms with Gasteiger partial charge in [-0.15, -0.1) is 0 Å². The van der Waals surface area contributed by atoms with Gasteiger partial charge in [-0.1, -0.05) is 36.4 Å². The third-order valence-electron chi connectivity index (χ3n) is 4.82. The van der Waals surface area contributed by atoms with Crippen molar-refractivity contribution in [3.05, 3.63) is 60.7 Å². The summed E-state index contributed by atoms with van der Waals surface area (Å²) in [6, 6.07) is 17.7. The highest BCUT2D eigenvalue weighted by molar-refractivity contribution is 7.89. The van der Waals surface area contributed by atoms with Gasteiger partial charge in [-0.05, 0) is 49.4 Å². The van der Waals surface area contributed by atoms with Crippen LogP contribution in [0.15, 0.2) is 65.6 Å². The highest BCUT2D eigenvalue weighted by atomic mass is 32.2. The highest BCUT2D eigenvalue weighted by Gasteiger charge is 2.29. The third kappa shape index (κ3) is 5.30. The van der Waals surface area contributed by atoms with E-state index in [0.29, 0.717) is 30.4 Å². The molecule has 6 nitrogen and oxygen atoms in total. The fourth-order valence-electron chi connectivity index (χ4n) is 3.27. The minimum atomic E-state index is -3.40. The number of carbonyl (C=O) groups is 1. The van der Waals surface area contributed by atoms with Crippen molar-refractivity contribution in [3.8, 4) is 0 Å². The van der Waals surface area contributed by atoms with Crippen LogP contribution in [-0.2, 0) is 10.0 Å². The van der Waals surface area contributed by atoms with Crippen molar-refractivity contribution in [2.45, 2.75) is 24.2 Å². The summed E-state index contributed by atoms with van der Waals surface area (Å²) in [5.74, 6) is 0.421. The molecule has 1 saturated heterocycles. The Morgan fingerprint density at radius 3 is 2.19 bits per heavy atom. The number of sulfonamides is 1. The van der Waals surface area contributed by atoms with Crippen molar-refractivity contribution in [3.63, 3.8) is 0 Å². The number of anilines is 1. The highest BCUT2D eigenvalue weighted by Crippen LogP contribution is 2.25. The van der Waals surface area contributed by atoms with E-state index in [2.05, 4.69) is 10.6 Å². The molecule has 1 aliphatic heterocycles. The quantitative estimate of drug-likeness (QED) is 0.798. The molecule has 2 aromatic rings. The van der Waals surface area contributed by atoms with Crippen LogP contribution < -0.4 is 10.6 Å². The smallest absolute Gasteiger partial charge is 0.319 e. The molecule has 3 rings (SSSR count). The van der Waals surface area contributed by atoms with Gasteiger partial charge >= 0.3 is 6.03 Å². The summed E-state index contributed by atoms with van der Waals surface area (Å²) in [7, 11) is -3.40. The first-order valence-electron chi connectivity index (χ1n) is 9.21. The first-order chi connectivity index (χ1) is 13.1. The van der Waals surface area contributed by atoms with Crippen molar-refractivity contribution in [1.29, 1.82) is 0 Å².